The van der Waals surface area contributed by atoms with Gasteiger partial charge in [-0.3, -0.25) is 4.98 Å². The Kier molecular flexibility index (Phi) is 3.94. The van der Waals surface area contributed by atoms with Gasteiger partial charge in [-0.05, 0) is 12.6 Å². The Labute approximate surface area is 107 Å². The molecule has 0 aliphatic carbocycles. The molecule has 96 valence electrons. The maximum absolute atomic E-state index is 5.37. The highest BCUT2D eigenvalue weighted by Gasteiger charge is 2.20. The van der Waals surface area contributed by atoms with Gasteiger partial charge in [-0.2, -0.15) is 0 Å². The van der Waals surface area contributed by atoms with Gasteiger partial charge >= 0.3 is 0 Å². The Balaban J connectivity index is 2.45. The van der Waals surface area contributed by atoms with E-state index in [2.05, 4.69) is 22.2 Å². The summed E-state index contributed by atoms with van der Waals surface area (Å²) in [6.45, 7) is 2.92. The molecular formula is C13H18N4O. The number of rotatable bonds is 5. The van der Waals surface area contributed by atoms with Gasteiger partial charge in [0.15, 0.2) is 0 Å². The van der Waals surface area contributed by atoms with Gasteiger partial charge in [0, 0.05) is 31.2 Å². The fourth-order valence-corrected chi connectivity index (χ4v) is 2.00. The molecule has 0 saturated heterocycles. The van der Waals surface area contributed by atoms with Gasteiger partial charge in [-0.1, -0.05) is 6.92 Å². The van der Waals surface area contributed by atoms with E-state index < -0.39 is 0 Å². The summed E-state index contributed by atoms with van der Waals surface area (Å²) >= 11 is 0. The smallest absolute Gasteiger partial charge is 0.142 e. The summed E-state index contributed by atoms with van der Waals surface area (Å²) in [6.07, 6.45) is 7.23. The molecule has 5 nitrogen and oxygen atoms in total. The van der Waals surface area contributed by atoms with Crippen molar-refractivity contribution in [2.75, 3.05) is 13.7 Å². The van der Waals surface area contributed by atoms with E-state index in [0.717, 1.165) is 23.7 Å². The molecule has 0 spiro atoms. The standard InChI is InChI=1S/C13H18N4O/c1-4-15-12(13-16-7-8-17(13)2)10-5-6-14-9-11(10)18-3/h5-9,12,15H,4H2,1-3H3. The summed E-state index contributed by atoms with van der Waals surface area (Å²) in [5, 5.41) is 3.43. The van der Waals surface area contributed by atoms with Crippen LogP contribution in [0.5, 0.6) is 5.75 Å². The van der Waals surface area contributed by atoms with Crippen LogP contribution >= 0.6 is 0 Å². The van der Waals surface area contributed by atoms with Crippen LogP contribution in [-0.4, -0.2) is 28.2 Å². The highest BCUT2D eigenvalue weighted by Crippen LogP contribution is 2.27. The predicted molar refractivity (Wildman–Crippen MR) is 69.5 cm³/mol. The topological polar surface area (TPSA) is 52.0 Å². The van der Waals surface area contributed by atoms with Crippen LogP contribution in [0.3, 0.4) is 0 Å². The van der Waals surface area contributed by atoms with Gasteiger partial charge in [-0.25, -0.2) is 4.98 Å². The second-order valence-electron chi connectivity index (χ2n) is 4.00. The Morgan fingerprint density at radius 3 is 2.89 bits per heavy atom. The number of aryl methyl sites for hydroxylation is 1. The molecule has 2 heterocycles. The number of nitrogens with one attached hydrogen (secondary N) is 1. The van der Waals surface area contributed by atoms with E-state index >= 15 is 0 Å². The van der Waals surface area contributed by atoms with E-state index in [4.69, 9.17) is 4.74 Å². The summed E-state index contributed by atoms with van der Waals surface area (Å²) in [5.74, 6) is 1.73. The molecule has 18 heavy (non-hydrogen) atoms. The van der Waals surface area contributed by atoms with Gasteiger partial charge in [-0.15, -0.1) is 0 Å². The lowest BCUT2D eigenvalue weighted by molar-refractivity contribution is 0.400. The quantitative estimate of drug-likeness (QED) is 0.869. The normalized spacial score (nSPS) is 12.4. The van der Waals surface area contributed by atoms with Gasteiger partial charge in [0.25, 0.3) is 0 Å². The lowest BCUT2D eigenvalue weighted by Gasteiger charge is -2.20. The molecule has 2 aromatic heterocycles. The minimum absolute atomic E-state index is 0.00736. The lowest BCUT2D eigenvalue weighted by Crippen LogP contribution is -2.25. The van der Waals surface area contributed by atoms with E-state index in [-0.39, 0.29) is 6.04 Å². The second-order valence-corrected chi connectivity index (χ2v) is 4.00. The molecule has 2 aromatic rings. The number of methoxy groups -OCH3 is 1. The van der Waals surface area contributed by atoms with E-state index in [1.807, 2.05) is 23.9 Å². The molecule has 5 heteroatoms. The molecule has 0 amide bonds. The minimum atomic E-state index is 0.00736. The maximum atomic E-state index is 5.37. The highest BCUT2D eigenvalue weighted by molar-refractivity contribution is 5.36. The summed E-state index contributed by atoms with van der Waals surface area (Å²) in [5.41, 5.74) is 1.05. The predicted octanol–water partition coefficient (Wildman–Crippen LogP) is 1.52. The third kappa shape index (κ3) is 2.36. The van der Waals surface area contributed by atoms with Crippen molar-refractivity contribution in [3.8, 4) is 5.75 Å². The summed E-state index contributed by atoms with van der Waals surface area (Å²) in [6, 6.07) is 1.97. The van der Waals surface area contributed by atoms with Gasteiger partial charge in [0.2, 0.25) is 0 Å². The average Bonchev–Trinajstić information content (AvgIpc) is 2.82. The number of nitrogens with zero attached hydrogens (tertiary/aromatic N) is 3. The summed E-state index contributed by atoms with van der Waals surface area (Å²) in [7, 11) is 3.64. The van der Waals surface area contributed by atoms with Crippen LogP contribution < -0.4 is 10.1 Å². The van der Waals surface area contributed by atoms with Crippen LogP contribution in [0.4, 0.5) is 0 Å². The van der Waals surface area contributed by atoms with Crippen molar-refractivity contribution in [3.63, 3.8) is 0 Å². The molecular weight excluding hydrogens is 228 g/mol. The van der Waals surface area contributed by atoms with Crippen LogP contribution in [-0.2, 0) is 7.05 Å². The van der Waals surface area contributed by atoms with E-state index in [1.165, 1.54) is 0 Å². The number of aromatic nitrogens is 3. The zero-order chi connectivity index (χ0) is 13.0. The molecule has 0 aromatic carbocycles. The van der Waals surface area contributed by atoms with Crippen LogP contribution in [0, 0.1) is 0 Å². The Morgan fingerprint density at radius 2 is 2.28 bits per heavy atom. The second kappa shape index (κ2) is 5.64. The lowest BCUT2D eigenvalue weighted by atomic mass is 10.1. The molecule has 0 fully saturated rings. The molecule has 0 aliphatic heterocycles. The molecule has 0 radical (unpaired) electrons. The first-order valence-electron chi connectivity index (χ1n) is 5.96. The van der Waals surface area contributed by atoms with Crippen LogP contribution in [0.25, 0.3) is 0 Å². The molecule has 2 rings (SSSR count). The number of ether oxygens (including phenoxy) is 1. The largest absolute Gasteiger partial charge is 0.495 e. The number of hydrogen-bond acceptors (Lipinski definition) is 4. The molecule has 1 atom stereocenters. The minimum Gasteiger partial charge on any atom is -0.495 e. The third-order valence-electron chi connectivity index (χ3n) is 2.87. The Bertz CT molecular complexity index is 509. The third-order valence-corrected chi connectivity index (χ3v) is 2.87. The van der Waals surface area contributed by atoms with Crippen molar-refractivity contribution >= 4 is 0 Å². The van der Waals surface area contributed by atoms with Gasteiger partial charge in [0.05, 0.1) is 19.3 Å². The van der Waals surface area contributed by atoms with Crippen molar-refractivity contribution in [2.24, 2.45) is 7.05 Å². The van der Waals surface area contributed by atoms with Gasteiger partial charge < -0.3 is 14.6 Å². The van der Waals surface area contributed by atoms with E-state index in [1.54, 1.807) is 25.7 Å². The fraction of sp³-hybridized carbons (Fsp3) is 0.385. The van der Waals surface area contributed by atoms with Gasteiger partial charge in [0.1, 0.15) is 11.6 Å². The number of hydrogen-bond donors (Lipinski definition) is 1. The summed E-state index contributed by atoms with van der Waals surface area (Å²) < 4.78 is 7.38. The van der Waals surface area contributed by atoms with Crippen molar-refractivity contribution in [1.29, 1.82) is 0 Å². The van der Waals surface area contributed by atoms with Crippen molar-refractivity contribution in [3.05, 3.63) is 42.2 Å². The zero-order valence-electron chi connectivity index (χ0n) is 10.9. The first-order chi connectivity index (χ1) is 8.77. The van der Waals surface area contributed by atoms with Crippen LogP contribution in [0.2, 0.25) is 0 Å². The van der Waals surface area contributed by atoms with Crippen LogP contribution in [0.1, 0.15) is 24.4 Å². The van der Waals surface area contributed by atoms with Crippen molar-refractivity contribution in [1.82, 2.24) is 19.9 Å². The monoisotopic (exact) mass is 246 g/mol. The SMILES string of the molecule is CCNC(c1ccncc1OC)c1nccn1C. The van der Waals surface area contributed by atoms with Crippen molar-refractivity contribution in [2.45, 2.75) is 13.0 Å². The molecule has 0 aliphatic rings. The van der Waals surface area contributed by atoms with E-state index in [9.17, 15) is 0 Å². The average molecular weight is 246 g/mol. The number of pyridine rings is 1. The zero-order valence-corrected chi connectivity index (χ0v) is 10.9. The van der Waals surface area contributed by atoms with Crippen molar-refractivity contribution < 1.29 is 4.74 Å². The summed E-state index contributed by atoms with van der Waals surface area (Å²) in [4.78, 5) is 8.49. The van der Waals surface area contributed by atoms with Crippen LogP contribution in [0.15, 0.2) is 30.9 Å². The first kappa shape index (κ1) is 12.6. The Hall–Kier alpha value is -1.88. The Morgan fingerprint density at radius 1 is 1.44 bits per heavy atom. The molecule has 1 N–H and O–H groups in total. The molecule has 0 bridgehead atoms. The molecule has 1 unspecified atom stereocenters. The maximum Gasteiger partial charge on any atom is 0.142 e. The highest BCUT2D eigenvalue weighted by atomic mass is 16.5. The molecule has 0 saturated carbocycles. The number of imidazole rings is 1. The fourth-order valence-electron chi connectivity index (χ4n) is 2.00. The first-order valence-corrected chi connectivity index (χ1v) is 5.96. The van der Waals surface area contributed by atoms with E-state index in [0.29, 0.717) is 0 Å².